The normalized spacial score (nSPS) is 12.9. The van der Waals surface area contributed by atoms with Crippen molar-refractivity contribution in [1.29, 1.82) is 5.26 Å². The van der Waals surface area contributed by atoms with E-state index < -0.39 is 0 Å². The second kappa shape index (κ2) is 8.90. The number of nitrogen functional groups attached to an aromatic ring is 1. The maximum absolute atomic E-state index is 10.0. The Morgan fingerprint density at radius 3 is 2.64 bits per heavy atom. The molecule has 0 saturated carbocycles. The lowest BCUT2D eigenvalue weighted by Gasteiger charge is -2.20. The largest absolute Gasteiger partial charge is 0.383 e. The number of anilines is 1. The minimum absolute atomic E-state index is 0.292. The van der Waals surface area contributed by atoms with Gasteiger partial charge in [0.25, 0.3) is 0 Å². The summed E-state index contributed by atoms with van der Waals surface area (Å²) in [7, 11) is 0. The molecule has 7 heteroatoms. The van der Waals surface area contributed by atoms with E-state index in [-0.39, 0.29) is 0 Å². The molecule has 0 atom stereocenters. The number of hydrogen-bond donors (Lipinski definition) is 2. The summed E-state index contributed by atoms with van der Waals surface area (Å²) in [5.74, 6) is 0.292. The van der Waals surface area contributed by atoms with Gasteiger partial charge in [-0.1, -0.05) is 53.5 Å². The van der Waals surface area contributed by atoms with E-state index >= 15 is 0 Å². The quantitative estimate of drug-likeness (QED) is 0.371. The summed E-state index contributed by atoms with van der Waals surface area (Å²) in [5, 5.41) is 14.7. The fourth-order valence-electron chi connectivity index (χ4n) is 4.56. The number of halogens is 2. The van der Waals surface area contributed by atoms with E-state index in [1.54, 1.807) is 6.07 Å². The molecule has 0 bridgehead atoms. The van der Waals surface area contributed by atoms with Crippen LogP contribution in [0, 0.1) is 11.3 Å². The van der Waals surface area contributed by atoms with E-state index in [0.29, 0.717) is 28.0 Å². The van der Waals surface area contributed by atoms with E-state index in [1.165, 1.54) is 0 Å². The van der Waals surface area contributed by atoms with Crippen molar-refractivity contribution < 1.29 is 4.68 Å². The molecule has 5 rings (SSSR count). The first-order chi connectivity index (χ1) is 16.0. The van der Waals surface area contributed by atoms with Gasteiger partial charge in [-0.05, 0) is 49.4 Å². The number of fused-ring (bicyclic) bond motifs is 1. The Morgan fingerprint density at radius 2 is 1.88 bits per heavy atom. The third-order valence-electron chi connectivity index (χ3n) is 6.11. The van der Waals surface area contributed by atoms with Crippen LogP contribution in [0.2, 0.25) is 10.0 Å². The summed E-state index contributed by atoms with van der Waals surface area (Å²) in [6.07, 6.45) is 5.96. The molecule has 33 heavy (non-hydrogen) atoms. The number of hydrogen-bond acceptors (Lipinski definition) is 3. The second-order valence-corrected chi connectivity index (χ2v) is 9.09. The van der Waals surface area contributed by atoms with E-state index in [2.05, 4.69) is 28.3 Å². The van der Waals surface area contributed by atoms with Gasteiger partial charge in [-0.3, -0.25) is 0 Å². The lowest BCUT2D eigenvalue weighted by atomic mass is 9.86. The summed E-state index contributed by atoms with van der Waals surface area (Å²) in [6.45, 7) is 0.528. The maximum Gasteiger partial charge on any atom is 0.204 e. The highest BCUT2D eigenvalue weighted by atomic mass is 35.5. The molecule has 0 saturated heterocycles. The Hall–Kier alpha value is -3.33. The second-order valence-electron chi connectivity index (χ2n) is 8.25. The van der Waals surface area contributed by atoms with Gasteiger partial charge in [-0.25, -0.2) is 4.98 Å². The van der Waals surface area contributed by atoms with Gasteiger partial charge in [0.15, 0.2) is 6.54 Å². The minimum Gasteiger partial charge on any atom is -0.383 e. The highest BCUT2D eigenvalue weighted by Crippen LogP contribution is 2.39. The fourth-order valence-corrected chi connectivity index (χ4v) is 5.03. The van der Waals surface area contributed by atoms with Gasteiger partial charge in [0.1, 0.15) is 23.1 Å². The number of nitrogens with two attached hydrogens (primary N) is 1. The van der Waals surface area contributed by atoms with Crippen LogP contribution in [0.5, 0.6) is 0 Å². The standard InChI is InChI=1S/C26H21Cl2N5/c27-18-11-10-17(22(28)12-18)14-33-15-21(25(32-33)16-6-2-1-3-7-16)24-19-8-4-5-9-23(19)31-26(30)20(24)13-29/h1-3,6-7,10-12,15H,4-5,8-9,14H2,(H2,30,31)/p+1. The molecule has 1 aliphatic carbocycles. The molecule has 2 heterocycles. The summed E-state index contributed by atoms with van der Waals surface area (Å²) in [4.78, 5) is 4.58. The number of aryl methyl sites for hydroxylation is 1. The molecule has 3 N–H and O–H groups in total. The number of benzene rings is 2. The molecule has 4 aromatic rings. The Labute approximate surface area is 202 Å². The predicted octanol–water partition coefficient (Wildman–Crippen LogP) is 5.72. The maximum atomic E-state index is 10.0. The number of pyridine rings is 1. The van der Waals surface area contributed by atoms with Crippen LogP contribution >= 0.6 is 23.2 Å². The fraction of sp³-hybridized carbons (Fsp3) is 0.192. The van der Waals surface area contributed by atoms with Gasteiger partial charge in [-0.2, -0.15) is 10.4 Å². The Kier molecular flexibility index (Phi) is 5.80. The van der Waals surface area contributed by atoms with Gasteiger partial charge >= 0.3 is 0 Å². The third-order valence-corrected chi connectivity index (χ3v) is 6.70. The summed E-state index contributed by atoms with van der Waals surface area (Å²) >= 11 is 12.5. The number of nitrogens with zero attached hydrogens (tertiary/aromatic N) is 3. The summed E-state index contributed by atoms with van der Waals surface area (Å²) in [6, 6.07) is 17.9. The molecule has 2 aromatic carbocycles. The number of nitrogens with one attached hydrogen (secondary N) is 1. The van der Waals surface area contributed by atoms with Gasteiger partial charge in [0.2, 0.25) is 6.20 Å². The van der Waals surface area contributed by atoms with Crippen molar-refractivity contribution in [3.63, 3.8) is 0 Å². The van der Waals surface area contributed by atoms with Gasteiger partial charge < -0.3 is 5.73 Å². The molecule has 0 fully saturated rings. The number of aromatic amines is 1. The molecule has 0 aliphatic heterocycles. The molecule has 1 aliphatic rings. The zero-order valence-corrected chi connectivity index (χ0v) is 19.4. The van der Waals surface area contributed by atoms with Crippen molar-refractivity contribution in [1.82, 2.24) is 10.1 Å². The lowest BCUT2D eigenvalue weighted by molar-refractivity contribution is -0.741. The number of aromatic nitrogens is 3. The van der Waals surface area contributed by atoms with Crippen molar-refractivity contribution in [3.8, 4) is 28.5 Å². The number of nitriles is 1. The van der Waals surface area contributed by atoms with Gasteiger partial charge in [0, 0.05) is 27.4 Å². The molecule has 0 unspecified atom stereocenters. The first-order valence-corrected chi connectivity index (χ1v) is 11.6. The van der Waals surface area contributed by atoms with Crippen LogP contribution in [0.15, 0.2) is 54.7 Å². The third kappa shape index (κ3) is 4.08. The van der Waals surface area contributed by atoms with E-state index in [1.807, 2.05) is 41.2 Å². The lowest BCUT2D eigenvalue weighted by Crippen LogP contribution is -2.35. The van der Waals surface area contributed by atoms with Crippen LogP contribution in [0.4, 0.5) is 5.82 Å². The van der Waals surface area contributed by atoms with Crippen LogP contribution < -0.4 is 10.4 Å². The summed E-state index contributed by atoms with van der Waals surface area (Å²) < 4.78 is 1.99. The van der Waals surface area contributed by atoms with Crippen molar-refractivity contribution in [2.24, 2.45) is 0 Å². The van der Waals surface area contributed by atoms with Gasteiger partial charge in [0.05, 0.1) is 10.6 Å². The molecule has 5 nitrogen and oxygen atoms in total. The van der Waals surface area contributed by atoms with Crippen LogP contribution in [0.1, 0.15) is 35.2 Å². The van der Waals surface area contributed by atoms with Crippen LogP contribution in [0.3, 0.4) is 0 Å². The molecule has 0 radical (unpaired) electrons. The minimum atomic E-state index is 0.292. The first-order valence-electron chi connectivity index (χ1n) is 10.9. The molecule has 2 aromatic heterocycles. The molecular weight excluding hydrogens is 453 g/mol. The van der Waals surface area contributed by atoms with Crippen molar-refractivity contribution >= 4 is 29.0 Å². The Morgan fingerprint density at radius 1 is 1.09 bits per heavy atom. The SMILES string of the molecule is N#Cc1c(N)nc2c(c1-c1c[n+](Cc3ccc(Cl)cc3Cl)[nH]c1-c1ccccc1)CCCC2. The van der Waals surface area contributed by atoms with Crippen molar-refractivity contribution in [2.75, 3.05) is 5.73 Å². The molecule has 0 amide bonds. The number of rotatable bonds is 4. The highest BCUT2D eigenvalue weighted by molar-refractivity contribution is 6.35. The van der Waals surface area contributed by atoms with Gasteiger partial charge in [-0.15, -0.1) is 4.68 Å². The average molecular weight is 475 g/mol. The van der Waals surface area contributed by atoms with E-state index in [0.717, 1.165) is 64.9 Å². The summed E-state index contributed by atoms with van der Waals surface area (Å²) in [5.41, 5.74) is 13.5. The van der Waals surface area contributed by atoms with E-state index in [4.69, 9.17) is 28.9 Å². The Balaban J connectivity index is 1.72. The van der Waals surface area contributed by atoms with Crippen molar-refractivity contribution in [2.45, 2.75) is 32.2 Å². The highest BCUT2D eigenvalue weighted by Gasteiger charge is 2.28. The zero-order valence-electron chi connectivity index (χ0n) is 17.9. The smallest absolute Gasteiger partial charge is 0.204 e. The van der Waals surface area contributed by atoms with E-state index in [9.17, 15) is 5.26 Å². The zero-order chi connectivity index (χ0) is 22.9. The number of H-pyrrole nitrogens is 1. The predicted molar refractivity (Wildman–Crippen MR) is 131 cm³/mol. The van der Waals surface area contributed by atoms with Crippen LogP contribution in [-0.4, -0.2) is 10.1 Å². The monoisotopic (exact) mass is 474 g/mol. The first kappa shape index (κ1) is 21.5. The Bertz CT molecular complexity index is 1390. The topological polar surface area (TPSA) is 82.4 Å². The molecular formula is C26H22Cl2N5+. The average Bonchev–Trinajstić information content (AvgIpc) is 3.24. The molecule has 164 valence electrons. The van der Waals surface area contributed by atoms with Crippen molar-refractivity contribution in [3.05, 3.63) is 87.2 Å². The van der Waals surface area contributed by atoms with Crippen LogP contribution in [0.25, 0.3) is 22.4 Å². The molecule has 0 spiro atoms. The van der Waals surface area contributed by atoms with Crippen LogP contribution in [-0.2, 0) is 19.4 Å².